The molecule has 1 amide bonds. The summed E-state index contributed by atoms with van der Waals surface area (Å²) in [6.07, 6.45) is 1.48. The number of amides is 1. The van der Waals surface area contributed by atoms with Gasteiger partial charge in [0.15, 0.2) is 0 Å². The average Bonchev–Trinajstić information content (AvgIpc) is 3.05. The van der Waals surface area contributed by atoms with E-state index in [9.17, 15) is 9.90 Å². The number of benzene rings is 3. The van der Waals surface area contributed by atoms with Crippen molar-refractivity contribution in [2.24, 2.45) is 0 Å². The third-order valence-corrected chi connectivity index (χ3v) is 5.12. The van der Waals surface area contributed by atoms with Crippen LogP contribution in [0.5, 0.6) is 0 Å². The van der Waals surface area contributed by atoms with Crippen LogP contribution in [0.2, 0.25) is 0 Å². The molecule has 3 heteroatoms. The smallest absolute Gasteiger partial charge is 0.251 e. The van der Waals surface area contributed by atoms with Crippen molar-refractivity contribution in [2.45, 2.75) is 18.4 Å². The van der Waals surface area contributed by atoms with E-state index in [0.717, 1.165) is 28.7 Å². The van der Waals surface area contributed by atoms with Gasteiger partial charge in [-0.05, 0) is 47.2 Å². The van der Waals surface area contributed by atoms with E-state index in [1.165, 1.54) is 0 Å². The van der Waals surface area contributed by atoms with E-state index < -0.39 is 5.60 Å². The van der Waals surface area contributed by atoms with Crippen molar-refractivity contribution in [2.75, 3.05) is 6.54 Å². The van der Waals surface area contributed by atoms with Crippen molar-refractivity contribution in [1.82, 2.24) is 5.32 Å². The van der Waals surface area contributed by atoms with Crippen LogP contribution >= 0.6 is 0 Å². The van der Waals surface area contributed by atoms with Crippen LogP contribution < -0.4 is 5.32 Å². The number of hydrogen-bond acceptors (Lipinski definition) is 2. The zero-order chi connectivity index (χ0) is 18.0. The minimum Gasteiger partial charge on any atom is -0.383 e. The molecule has 0 spiro atoms. The molecule has 130 valence electrons. The summed E-state index contributed by atoms with van der Waals surface area (Å²) in [5, 5.41) is 13.8. The Hall–Kier alpha value is -2.91. The first-order valence-electron chi connectivity index (χ1n) is 8.90. The molecular weight excluding hydrogens is 322 g/mol. The summed E-state index contributed by atoms with van der Waals surface area (Å²) in [5.41, 5.74) is 3.91. The van der Waals surface area contributed by atoms with Gasteiger partial charge in [0.1, 0.15) is 5.60 Å². The van der Waals surface area contributed by atoms with E-state index in [1.54, 1.807) is 0 Å². The van der Waals surface area contributed by atoms with E-state index in [1.807, 2.05) is 78.9 Å². The number of rotatable bonds is 4. The minimum absolute atomic E-state index is 0.164. The van der Waals surface area contributed by atoms with Crippen molar-refractivity contribution >= 4 is 5.91 Å². The third-order valence-electron chi connectivity index (χ3n) is 5.12. The second kappa shape index (κ2) is 6.77. The minimum atomic E-state index is -0.976. The van der Waals surface area contributed by atoms with Gasteiger partial charge in [-0.15, -0.1) is 0 Å². The van der Waals surface area contributed by atoms with Crippen molar-refractivity contribution in [3.8, 4) is 11.1 Å². The van der Waals surface area contributed by atoms with Gasteiger partial charge >= 0.3 is 0 Å². The first kappa shape index (κ1) is 16.6. The summed E-state index contributed by atoms with van der Waals surface area (Å²) in [5.74, 6) is -0.164. The van der Waals surface area contributed by atoms with E-state index in [0.29, 0.717) is 12.0 Å². The van der Waals surface area contributed by atoms with Crippen LogP contribution in [0.25, 0.3) is 11.1 Å². The number of hydrogen-bond donors (Lipinski definition) is 2. The van der Waals surface area contributed by atoms with E-state index >= 15 is 0 Å². The molecule has 26 heavy (non-hydrogen) atoms. The fourth-order valence-corrected chi connectivity index (χ4v) is 3.63. The molecule has 1 aliphatic carbocycles. The van der Waals surface area contributed by atoms with Crippen molar-refractivity contribution in [3.63, 3.8) is 0 Å². The molecule has 3 aromatic carbocycles. The molecule has 1 atom stereocenters. The van der Waals surface area contributed by atoms with Crippen LogP contribution in [0, 0.1) is 0 Å². The largest absolute Gasteiger partial charge is 0.383 e. The average molecular weight is 343 g/mol. The lowest BCUT2D eigenvalue weighted by Gasteiger charge is -2.24. The van der Waals surface area contributed by atoms with Gasteiger partial charge in [-0.1, -0.05) is 66.7 Å². The molecule has 0 radical (unpaired) electrons. The van der Waals surface area contributed by atoms with E-state index in [-0.39, 0.29) is 12.5 Å². The van der Waals surface area contributed by atoms with Gasteiger partial charge < -0.3 is 10.4 Å². The van der Waals surface area contributed by atoms with Gasteiger partial charge in [0.05, 0.1) is 6.54 Å². The Morgan fingerprint density at radius 3 is 2.31 bits per heavy atom. The Labute approximate surface area is 153 Å². The second-order valence-electron chi connectivity index (χ2n) is 6.81. The summed E-state index contributed by atoms with van der Waals surface area (Å²) < 4.78 is 0. The lowest BCUT2D eigenvalue weighted by molar-refractivity contribution is 0.0369. The zero-order valence-corrected chi connectivity index (χ0v) is 14.5. The summed E-state index contributed by atoms with van der Waals surface area (Å²) in [7, 11) is 0. The molecule has 2 N–H and O–H groups in total. The van der Waals surface area contributed by atoms with E-state index in [4.69, 9.17) is 0 Å². The Morgan fingerprint density at radius 1 is 0.885 bits per heavy atom. The lowest BCUT2D eigenvalue weighted by atomic mass is 9.96. The number of nitrogens with one attached hydrogen (secondary N) is 1. The highest BCUT2D eigenvalue weighted by Gasteiger charge is 2.36. The molecular formula is C23H21NO2. The van der Waals surface area contributed by atoms with Crippen molar-refractivity contribution in [1.29, 1.82) is 0 Å². The monoisotopic (exact) mass is 343 g/mol. The summed E-state index contributed by atoms with van der Waals surface area (Å²) in [6, 6.07) is 25.5. The number of aliphatic hydroxyl groups is 1. The highest BCUT2D eigenvalue weighted by atomic mass is 16.3. The molecule has 3 aromatic rings. The molecule has 1 unspecified atom stereocenters. The number of carbonyl (C=O) groups is 1. The predicted octanol–water partition coefficient (Wildman–Crippen LogP) is 3.92. The molecule has 0 aromatic heterocycles. The quantitative estimate of drug-likeness (QED) is 0.754. The highest BCUT2D eigenvalue weighted by molar-refractivity contribution is 5.94. The number of aryl methyl sites for hydroxylation is 1. The number of carbonyl (C=O) groups excluding carboxylic acids is 1. The molecule has 3 nitrogen and oxygen atoms in total. The topological polar surface area (TPSA) is 49.3 Å². The number of fused-ring (bicyclic) bond motifs is 1. The molecule has 0 bridgehead atoms. The second-order valence-corrected chi connectivity index (χ2v) is 6.81. The molecule has 0 fully saturated rings. The first-order chi connectivity index (χ1) is 12.7. The summed E-state index contributed by atoms with van der Waals surface area (Å²) >= 11 is 0. The van der Waals surface area contributed by atoms with Gasteiger partial charge in [-0.3, -0.25) is 4.79 Å². The Morgan fingerprint density at radius 2 is 1.54 bits per heavy atom. The van der Waals surface area contributed by atoms with Crippen LogP contribution in [0.4, 0.5) is 0 Å². The Balaban J connectivity index is 1.44. The van der Waals surface area contributed by atoms with Crippen LogP contribution in [-0.4, -0.2) is 17.6 Å². The molecule has 0 heterocycles. The normalized spacial score (nSPS) is 18.3. The van der Waals surface area contributed by atoms with Crippen molar-refractivity contribution in [3.05, 3.63) is 95.6 Å². The maximum absolute atomic E-state index is 12.5. The molecule has 0 saturated carbocycles. The molecule has 0 aliphatic heterocycles. The molecule has 1 aliphatic rings. The Kier molecular flexibility index (Phi) is 4.31. The summed E-state index contributed by atoms with van der Waals surface area (Å²) in [4.78, 5) is 12.5. The van der Waals surface area contributed by atoms with Gasteiger partial charge in [-0.2, -0.15) is 0 Å². The summed E-state index contributed by atoms with van der Waals surface area (Å²) in [6.45, 7) is 0.225. The zero-order valence-electron chi connectivity index (χ0n) is 14.5. The van der Waals surface area contributed by atoms with Gasteiger partial charge in [0.25, 0.3) is 5.91 Å². The van der Waals surface area contributed by atoms with Crippen LogP contribution in [0.1, 0.15) is 27.9 Å². The van der Waals surface area contributed by atoms with Gasteiger partial charge in [0.2, 0.25) is 0 Å². The predicted molar refractivity (Wildman–Crippen MR) is 103 cm³/mol. The maximum atomic E-state index is 12.5. The molecule has 4 rings (SSSR count). The SMILES string of the molecule is O=C(NCC1(O)CCc2ccccc21)c1ccc(-c2ccccc2)cc1. The van der Waals surface area contributed by atoms with Crippen LogP contribution in [0.15, 0.2) is 78.9 Å². The highest BCUT2D eigenvalue weighted by Crippen LogP contribution is 2.36. The lowest BCUT2D eigenvalue weighted by Crippen LogP contribution is -2.39. The third kappa shape index (κ3) is 3.14. The Bertz CT molecular complexity index is 918. The van der Waals surface area contributed by atoms with Gasteiger partial charge in [0, 0.05) is 5.56 Å². The van der Waals surface area contributed by atoms with Crippen LogP contribution in [-0.2, 0) is 12.0 Å². The standard InChI is InChI=1S/C23H21NO2/c25-22(20-12-10-18(11-13-20)17-6-2-1-3-7-17)24-16-23(26)15-14-19-8-4-5-9-21(19)23/h1-13,26H,14-16H2,(H,24,25). The first-order valence-corrected chi connectivity index (χ1v) is 8.90. The molecule has 0 saturated heterocycles. The maximum Gasteiger partial charge on any atom is 0.251 e. The van der Waals surface area contributed by atoms with Crippen LogP contribution in [0.3, 0.4) is 0 Å². The van der Waals surface area contributed by atoms with Crippen molar-refractivity contribution < 1.29 is 9.90 Å². The fraction of sp³-hybridized carbons (Fsp3) is 0.174. The van der Waals surface area contributed by atoms with E-state index in [2.05, 4.69) is 5.32 Å². The van der Waals surface area contributed by atoms with Gasteiger partial charge in [-0.25, -0.2) is 0 Å². The fourth-order valence-electron chi connectivity index (χ4n) is 3.63.